The molecule has 1 aromatic rings. The Labute approximate surface area is 131 Å². The molecule has 0 spiro atoms. The van der Waals surface area contributed by atoms with Gasteiger partial charge in [0.05, 0.1) is 4.91 Å². The summed E-state index contributed by atoms with van der Waals surface area (Å²) < 4.78 is 5.81. The first-order valence-corrected chi connectivity index (χ1v) is 7.46. The van der Waals surface area contributed by atoms with Crippen molar-refractivity contribution in [2.24, 2.45) is 0 Å². The van der Waals surface area contributed by atoms with Crippen molar-refractivity contribution in [2.75, 3.05) is 0 Å². The Morgan fingerprint density at radius 1 is 1.48 bits per heavy atom. The van der Waals surface area contributed by atoms with Crippen LogP contribution in [0.1, 0.15) is 18.9 Å². The molecule has 2 rings (SSSR count). The standard InChI is InChI=1S/C14H13NO4S2/c1-2-10(13(17)18)19-9-5-3-8(4-6-9)7-11-12(16)15-14(20)21-11/h3-7,10H,2H2,1H3,(H,17,18)(H,15,16,20)/b11-7+. The third-order valence-corrected chi connectivity index (χ3v) is 3.91. The number of thioether (sulfide) groups is 1. The Morgan fingerprint density at radius 2 is 2.14 bits per heavy atom. The van der Waals surface area contributed by atoms with Crippen molar-refractivity contribution in [1.82, 2.24) is 5.32 Å². The average Bonchev–Trinajstić information content (AvgIpc) is 2.75. The van der Waals surface area contributed by atoms with Crippen LogP contribution in [0, 0.1) is 0 Å². The summed E-state index contributed by atoms with van der Waals surface area (Å²) in [5.74, 6) is -0.719. The molecule has 1 atom stereocenters. The van der Waals surface area contributed by atoms with Gasteiger partial charge in [0.2, 0.25) is 0 Å². The van der Waals surface area contributed by atoms with Crippen molar-refractivity contribution in [1.29, 1.82) is 0 Å². The van der Waals surface area contributed by atoms with Gasteiger partial charge >= 0.3 is 5.97 Å². The number of carbonyl (C=O) groups is 2. The monoisotopic (exact) mass is 323 g/mol. The number of hydrogen-bond donors (Lipinski definition) is 2. The van der Waals surface area contributed by atoms with Crippen molar-refractivity contribution >= 4 is 46.3 Å². The van der Waals surface area contributed by atoms with E-state index in [2.05, 4.69) is 5.32 Å². The van der Waals surface area contributed by atoms with Crippen LogP contribution in [0.15, 0.2) is 29.2 Å². The smallest absolute Gasteiger partial charge is 0.344 e. The number of hydrogen-bond acceptors (Lipinski definition) is 5. The molecule has 1 aliphatic heterocycles. The molecule has 1 saturated heterocycles. The Balaban J connectivity index is 2.09. The van der Waals surface area contributed by atoms with Gasteiger partial charge in [0.15, 0.2) is 6.10 Å². The van der Waals surface area contributed by atoms with Crippen molar-refractivity contribution in [3.8, 4) is 5.75 Å². The van der Waals surface area contributed by atoms with Gasteiger partial charge in [-0.1, -0.05) is 43.0 Å². The maximum atomic E-state index is 11.5. The summed E-state index contributed by atoms with van der Waals surface area (Å²) >= 11 is 6.12. The molecule has 5 nitrogen and oxygen atoms in total. The third kappa shape index (κ3) is 4.05. The van der Waals surface area contributed by atoms with Crippen molar-refractivity contribution in [2.45, 2.75) is 19.4 Å². The molecule has 1 amide bonds. The van der Waals surface area contributed by atoms with Gasteiger partial charge in [-0.3, -0.25) is 4.79 Å². The highest BCUT2D eigenvalue weighted by Crippen LogP contribution is 2.26. The molecule has 2 N–H and O–H groups in total. The van der Waals surface area contributed by atoms with Gasteiger partial charge in [0.1, 0.15) is 10.1 Å². The summed E-state index contributed by atoms with van der Waals surface area (Å²) in [6, 6.07) is 6.86. The minimum Gasteiger partial charge on any atom is -0.479 e. The highest BCUT2D eigenvalue weighted by atomic mass is 32.2. The normalized spacial score (nSPS) is 17.7. The lowest BCUT2D eigenvalue weighted by Crippen LogP contribution is -2.25. The van der Waals surface area contributed by atoms with Crippen LogP contribution in [0.2, 0.25) is 0 Å². The second-order valence-corrected chi connectivity index (χ2v) is 5.99. The van der Waals surface area contributed by atoms with Crippen molar-refractivity contribution < 1.29 is 19.4 Å². The van der Waals surface area contributed by atoms with Crippen LogP contribution in [-0.2, 0) is 9.59 Å². The van der Waals surface area contributed by atoms with Crippen molar-refractivity contribution in [3.05, 3.63) is 34.7 Å². The maximum Gasteiger partial charge on any atom is 0.344 e. The summed E-state index contributed by atoms with van der Waals surface area (Å²) in [6.45, 7) is 1.75. The fourth-order valence-electron chi connectivity index (χ4n) is 1.69. The molecule has 1 aromatic carbocycles. The molecule has 7 heteroatoms. The van der Waals surface area contributed by atoms with Gasteiger partial charge in [-0.15, -0.1) is 0 Å². The number of carboxylic acid groups (broad SMARTS) is 1. The van der Waals surface area contributed by atoms with Crippen LogP contribution in [0.5, 0.6) is 5.75 Å². The topological polar surface area (TPSA) is 75.6 Å². The molecule has 0 radical (unpaired) electrons. The zero-order valence-corrected chi connectivity index (χ0v) is 12.8. The number of thiocarbonyl (C=S) groups is 1. The molecule has 110 valence electrons. The number of carbonyl (C=O) groups excluding carboxylic acids is 1. The molecular formula is C14H13NO4S2. The van der Waals surface area contributed by atoms with Gasteiger partial charge in [0.25, 0.3) is 5.91 Å². The fraction of sp³-hybridized carbons (Fsp3) is 0.214. The van der Waals surface area contributed by atoms with E-state index in [1.54, 1.807) is 37.3 Å². The Bertz CT molecular complexity index is 610. The number of aliphatic carboxylic acids is 1. The maximum absolute atomic E-state index is 11.5. The molecule has 1 heterocycles. The number of nitrogens with one attached hydrogen (secondary N) is 1. The van der Waals surface area contributed by atoms with E-state index in [0.29, 0.717) is 21.4 Å². The second-order valence-electron chi connectivity index (χ2n) is 4.27. The van der Waals surface area contributed by atoms with Crippen LogP contribution in [-0.4, -0.2) is 27.4 Å². The first kappa shape index (κ1) is 15.5. The van der Waals surface area contributed by atoms with E-state index in [9.17, 15) is 9.59 Å². The largest absolute Gasteiger partial charge is 0.479 e. The summed E-state index contributed by atoms with van der Waals surface area (Å²) in [5, 5.41) is 11.5. The summed E-state index contributed by atoms with van der Waals surface area (Å²) in [7, 11) is 0. The predicted molar refractivity (Wildman–Crippen MR) is 85.1 cm³/mol. The van der Waals surface area contributed by atoms with Crippen LogP contribution < -0.4 is 10.1 Å². The molecule has 0 aromatic heterocycles. The van der Waals surface area contributed by atoms with Crippen LogP contribution >= 0.6 is 24.0 Å². The Morgan fingerprint density at radius 3 is 2.62 bits per heavy atom. The van der Waals surface area contributed by atoms with Crippen LogP contribution in [0.25, 0.3) is 6.08 Å². The summed E-state index contributed by atoms with van der Waals surface area (Å²) in [4.78, 5) is 23.0. The van der Waals surface area contributed by atoms with Crippen LogP contribution in [0.4, 0.5) is 0 Å². The minimum atomic E-state index is -0.990. The van der Waals surface area contributed by atoms with E-state index in [-0.39, 0.29) is 5.91 Å². The van der Waals surface area contributed by atoms with Gasteiger partial charge < -0.3 is 15.2 Å². The van der Waals surface area contributed by atoms with E-state index in [0.717, 1.165) is 5.56 Å². The Kier molecular flexibility index (Phi) is 4.98. The molecule has 0 saturated carbocycles. The second kappa shape index (κ2) is 6.73. The van der Waals surface area contributed by atoms with E-state index < -0.39 is 12.1 Å². The van der Waals surface area contributed by atoms with E-state index in [1.165, 1.54) is 11.8 Å². The number of ether oxygens (including phenoxy) is 1. The first-order valence-electron chi connectivity index (χ1n) is 6.24. The average molecular weight is 323 g/mol. The van der Waals surface area contributed by atoms with E-state index in [1.807, 2.05) is 0 Å². The quantitative estimate of drug-likeness (QED) is 0.640. The summed E-state index contributed by atoms with van der Waals surface area (Å²) in [6.07, 6.45) is 1.25. The first-order chi connectivity index (χ1) is 9.99. The van der Waals surface area contributed by atoms with Crippen LogP contribution in [0.3, 0.4) is 0 Å². The molecule has 1 fully saturated rings. The van der Waals surface area contributed by atoms with Gasteiger partial charge in [-0.2, -0.15) is 0 Å². The Hall–Kier alpha value is -1.86. The van der Waals surface area contributed by atoms with E-state index in [4.69, 9.17) is 22.1 Å². The number of benzene rings is 1. The van der Waals surface area contributed by atoms with E-state index >= 15 is 0 Å². The SMILES string of the molecule is CCC(Oc1ccc(/C=C2/SC(=S)NC2=O)cc1)C(=O)O. The lowest BCUT2D eigenvalue weighted by Gasteiger charge is -2.13. The van der Waals surface area contributed by atoms with Crippen molar-refractivity contribution in [3.63, 3.8) is 0 Å². The fourth-order valence-corrected chi connectivity index (χ4v) is 2.73. The molecule has 21 heavy (non-hydrogen) atoms. The molecule has 0 bridgehead atoms. The number of rotatable bonds is 5. The lowest BCUT2D eigenvalue weighted by atomic mass is 10.2. The lowest BCUT2D eigenvalue weighted by molar-refractivity contribution is -0.145. The molecule has 1 unspecified atom stereocenters. The highest BCUT2D eigenvalue weighted by molar-refractivity contribution is 8.26. The zero-order valence-electron chi connectivity index (χ0n) is 11.2. The van der Waals surface area contributed by atoms with Gasteiger partial charge in [-0.05, 0) is 30.2 Å². The zero-order chi connectivity index (χ0) is 15.4. The highest BCUT2D eigenvalue weighted by Gasteiger charge is 2.22. The minimum absolute atomic E-state index is 0.206. The number of carboxylic acids is 1. The predicted octanol–water partition coefficient (Wildman–Crippen LogP) is 2.42. The van der Waals surface area contributed by atoms with Gasteiger partial charge in [0, 0.05) is 0 Å². The number of amides is 1. The molecule has 1 aliphatic rings. The molecule has 0 aliphatic carbocycles. The molecular weight excluding hydrogens is 310 g/mol. The third-order valence-electron chi connectivity index (χ3n) is 2.74. The van der Waals surface area contributed by atoms with Gasteiger partial charge in [-0.25, -0.2) is 4.79 Å². The summed E-state index contributed by atoms with van der Waals surface area (Å²) in [5.41, 5.74) is 0.813.